The van der Waals surface area contributed by atoms with Crippen LogP contribution in [-0.2, 0) is 39.1 Å². The number of carbonyl (C=O) groups excluding carboxylic acids is 2. The fourth-order valence-corrected chi connectivity index (χ4v) is 4.97. The Bertz CT molecular complexity index is 1280. The SMILES string of the molecule is CCOC(=O)NC(Cc1ccccc1)C(=O)NC(Cc1ccc(NS(=O)(=O)O)cc1)c1nc(CC)cs1. The van der Waals surface area contributed by atoms with Crippen LogP contribution in [0.2, 0.25) is 0 Å². The lowest BCUT2D eigenvalue weighted by atomic mass is 10.0. The number of hydrogen-bond donors (Lipinski definition) is 4. The molecule has 0 aliphatic heterocycles. The van der Waals surface area contributed by atoms with E-state index in [0.29, 0.717) is 11.4 Å². The summed E-state index contributed by atoms with van der Waals surface area (Å²) in [5.74, 6) is -0.389. The number of benzene rings is 2. The second-order valence-electron chi connectivity index (χ2n) is 8.18. The summed E-state index contributed by atoms with van der Waals surface area (Å²) in [5, 5.41) is 8.33. The zero-order valence-corrected chi connectivity index (χ0v) is 22.1. The van der Waals surface area contributed by atoms with Gasteiger partial charge in [0.25, 0.3) is 0 Å². The molecule has 12 heteroatoms. The average molecular weight is 547 g/mol. The Morgan fingerprint density at radius 2 is 1.68 bits per heavy atom. The molecule has 0 radical (unpaired) electrons. The smallest absolute Gasteiger partial charge is 0.407 e. The maximum Gasteiger partial charge on any atom is 0.407 e. The third kappa shape index (κ3) is 9.16. The Labute approximate surface area is 220 Å². The highest BCUT2D eigenvalue weighted by Crippen LogP contribution is 2.24. The molecule has 0 aliphatic rings. The predicted octanol–water partition coefficient (Wildman–Crippen LogP) is 3.68. The summed E-state index contributed by atoms with van der Waals surface area (Å²) in [6.07, 6.45) is 0.701. The Morgan fingerprint density at radius 1 is 1.00 bits per heavy atom. The van der Waals surface area contributed by atoms with Gasteiger partial charge < -0.3 is 15.4 Å². The lowest BCUT2D eigenvalue weighted by Crippen LogP contribution is -2.49. The Morgan fingerprint density at radius 3 is 2.27 bits per heavy atom. The molecule has 1 heterocycles. The van der Waals surface area contributed by atoms with Crippen LogP contribution in [0.3, 0.4) is 0 Å². The minimum absolute atomic E-state index is 0.176. The number of ether oxygens (including phenoxy) is 1. The summed E-state index contributed by atoms with van der Waals surface area (Å²) in [4.78, 5) is 30.3. The van der Waals surface area contributed by atoms with Crippen molar-refractivity contribution >= 4 is 39.3 Å². The molecule has 2 unspecified atom stereocenters. The van der Waals surface area contributed by atoms with Crippen LogP contribution in [0.15, 0.2) is 60.0 Å². The van der Waals surface area contributed by atoms with Gasteiger partial charge in [0.2, 0.25) is 5.91 Å². The second kappa shape index (κ2) is 13.2. The molecule has 0 spiro atoms. The van der Waals surface area contributed by atoms with Gasteiger partial charge in [-0.2, -0.15) is 8.42 Å². The molecule has 0 saturated carbocycles. The first-order valence-electron chi connectivity index (χ1n) is 11.7. The fourth-order valence-electron chi connectivity index (χ4n) is 3.59. The van der Waals surface area contributed by atoms with E-state index in [9.17, 15) is 18.0 Å². The number of rotatable bonds is 12. The predicted molar refractivity (Wildman–Crippen MR) is 142 cm³/mol. The van der Waals surface area contributed by atoms with Crippen molar-refractivity contribution in [2.45, 2.75) is 45.2 Å². The topological polar surface area (TPSA) is 147 Å². The number of amides is 2. The van der Waals surface area contributed by atoms with Crippen molar-refractivity contribution in [3.63, 3.8) is 0 Å². The highest BCUT2D eigenvalue weighted by molar-refractivity contribution is 7.87. The van der Waals surface area contributed by atoms with Crippen molar-refractivity contribution < 1.29 is 27.3 Å². The minimum Gasteiger partial charge on any atom is -0.450 e. The van der Waals surface area contributed by atoms with Gasteiger partial charge >= 0.3 is 16.4 Å². The zero-order chi connectivity index (χ0) is 26.8. The van der Waals surface area contributed by atoms with Crippen molar-refractivity contribution in [3.05, 3.63) is 81.8 Å². The summed E-state index contributed by atoms with van der Waals surface area (Å²) >= 11 is 1.43. The number of nitrogens with one attached hydrogen (secondary N) is 3. The average Bonchev–Trinajstić information content (AvgIpc) is 3.34. The molecule has 2 aromatic carbocycles. The number of aromatic nitrogens is 1. The monoisotopic (exact) mass is 546 g/mol. The summed E-state index contributed by atoms with van der Waals surface area (Å²) in [6.45, 7) is 3.86. The molecular weight excluding hydrogens is 516 g/mol. The largest absolute Gasteiger partial charge is 0.450 e. The Balaban J connectivity index is 1.82. The first kappa shape index (κ1) is 28.1. The van der Waals surface area contributed by atoms with Gasteiger partial charge in [-0.3, -0.25) is 14.1 Å². The molecule has 3 rings (SSSR count). The van der Waals surface area contributed by atoms with Gasteiger partial charge in [0, 0.05) is 11.8 Å². The lowest BCUT2D eigenvalue weighted by Gasteiger charge is -2.23. The molecule has 10 nitrogen and oxygen atoms in total. The van der Waals surface area contributed by atoms with Crippen molar-refractivity contribution in [1.82, 2.24) is 15.6 Å². The van der Waals surface area contributed by atoms with Gasteiger partial charge in [-0.25, -0.2) is 9.78 Å². The molecule has 3 aromatic rings. The summed E-state index contributed by atoms with van der Waals surface area (Å²) in [6, 6.07) is 14.4. The van der Waals surface area contributed by atoms with Crippen LogP contribution >= 0.6 is 11.3 Å². The van der Waals surface area contributed by atoms with E-state index >= 15 is 0 Å². The standard InChI is InChI=1S/C25H30N4O6S2/c1-3-19-16-36-24(26-19)22(15-18-10-12-20(13-11-18)29-37(32,33)34)27-23(30)21(28-25(31)35-4-2)14-17-8-6-5-7-9-17/h5-13,16,21-22,29H,3-4,14-15H2,1-2H3,(H,27,30)(H,28,31)(H,32,33,34). The first-order chi connectivity index (χ1) is 17.7. The van der Waals surface area contributed by atoms with E-state index < -0.39 is 28.5 Å². The molecule has 4 N–H and O–H groups in total. The van der Waals surface area contributed by atoms with Crippen molar-refractivity contribution in [3.8, 4) is 0 Å². The van der Waals surface area contributed by atoms with Gasteiger partial charge in [0.1, 0.15) is 11.0 Å². The number of thiazole rings is 1. The van der Waals surface area contributed by atoms with E-state index in [4.69, 9.17) is 9.29 Å². The van der Waals surface area contributed by atoms with Crippen molar-refractivity contribution in [1.29, 1.82) is 0 Å². The quantitative estimate of drug-likeness (QED) is 0.253. The van der Waals surface area contributed by atoms with E-state index in [0.717, 1.165) is 23.2 Å². The number of anilines is 1. The number of carbonyl (C=O) groups is 2. The van der Waals surface area contributed by atoms with Gasteiger partial charge in [-0.05, 0) is 43.0 Å². The van der Waals surface area contributed by atoms with Crippen LogP contribution in [0.5, 0.6) is 0 Å². The summed E-state index contributed by atoms with van der Waals surface area (Å²) in [7, 11) is -4.38. The number of nitrogens with zero attached hydrogens (tertiary/aromatic N) is 1. The molecule has 2 atom stereocenters. The van der Waals surface area contributed by atoms with E-state index in [1.165, 1.54) is 23.5 Å². The molecule has 1 aromatic heterocycles. The second-order valence-corrected chi connectivity index (χ2v) is 10.2. The summed E-state index contributed by atoms with van der Waals surface area (Å²) in [5.41, 5.74) is 2.78. The molecule has 37 heavy (non-hydrogen) atoms. The van der Waals surface area contributed by atoms with Gasteiger partial charge in [0.15, 0.2) is 0 Å². The van der Waals surface area contributed by atoms with Crippen molar-refractivity contribution in [2.24, 2.45) is 0 Å². The first-order valence-corrected chi connectivity index (χ1v) is 14.0. The van der Waals surface area contributed by atoms with Crippen LogP contribution in [0, 0.1) is 0 Å². The normalized spacial score (nSPS) is 12.8. The highest BCUT2D eigenvalue weighted by atomic mass is 32.2. The summed E-state index contributed by atoms with van der Waals surface area (Å²) < 4.78 is 38.1. The van der Waals surface area contributed by atoms with Crippen molar-refractivity contribution in [2.75, 3.05) is 11.3 Å². The Hall–Kier alpha value is -3.48. The molecule has 0 saturated heterocycles. The van der Waals surface area contributed by atoms with Crippen LogP contribution in [0.4, 0.5) is 10.5 Å². The van der Waals surface area contributed by atoms with E-state index in [1.54, 1.807) is 19.1 Å². The van der Waals surface area contributed by atoms with Gasteiger partial charge in [-0.15, -0.1) is 11.3 Å². The van der Waals surface area contributed by atoms with E-state index in [1.807, 2.05) is 47.4 Å². The highest BCUT2D eigenvalue weighted by Gasteiger charge is 2.26. The number of alkyl carbamates (subject to hydrolysis) is 1. The molecule has 2 amide bonds. The molecular formula is C25H30N4O6S2. The third-order valence-electron chi connectivity index (χ3n) is 5.35. The van der Waals surface area contributed by atoms with E-state index in [-0.39, 0.29) is 24.6 Å². The maximum absolute atomic E-state index is 13.4. The van der Waals surface area contributed by atoms with Gasteiger partial charge in [-0.1, -0.05) is 49.4 Å². The van der Waals surface area contributed by atoms with Crippen LogP contribution < -0.4 is 15.4 Å². The van der Waals surface area contributed by atoms with E-state index in [2.05, 4.69) is 15.6 Å². The Kier molecular flexibility index (Phi) is 10.0. The molecule has 0 aliphatic carbocycles. The van der Waals surface area contributed by atoms with Crippen LogP contribution in [0.25, 0.3) is 0 Å². The number of aryl methyl sites for hydroxylation is 1. The maximum atomic E-state index is 13.4. The number of hydrogen-bond acceptors (Lipinski definition) is 7. The minimum atomic E-state index is -4.38. The lowest BCUT2D eigenvalue weighted by molar-refractivity contribution is -0.123. The zero-order valence-electron chi connectivity index (χ0n) is 20.5. The fraction of sp³-hybridized carbons (Fsp3) is 0.320. The molecule has 0 bridgehead atoms. The molecule has 0 fully saturated rings. The van der Waals surface area contributed by atoms with Crippen LogP contribution in [0.1, 0.15) is 41.7 Å². The van der Waals surface area contributed by atoms with Crippen LogP contribution in [-0.4, -0.2) is 42.6 Å². The molecule has 198 valence electrons. The van der Waals surface area contributed by atoms with Gasteiger partial charge in [0.05, 0.1) is 24.0 Å². The third-order valence-corrected chi connectivity index (χ3v) is 6.85.